The first kappa shape index (κ1) is 15.2. The second kappa shape index (κ2) is 5.69. The molecule has 0 radical (unpaired) electrons. The lowest BCUT2D eigenvalue weighted by atomic mass is 9.96. The van der Waals surface area contributed by atoms with E-state index in [9.17, 15) is 18.3 Å². The molecule has 5 nitrogen and oxygen atoms in total. The van der Waals surface area contributed by atoms with E-state index in [-0.39, 0.29) is 12.5 Å². The fourth-order valence-corrected chi connectivity index (χ4v) is 2.56. The van der Waals surface area contributed by atoms with Crippen molar-refractivity contribution in [2.45, 2.75) is 38.1 Å². The molecule has 0 unspecified atom stereocenters. The molecule has 0 aromatic carbocycles. The summed E-state index contributed by atoms with van der Waals surface area (Å²) in [7, 11) is 0. The van der Waals surface area contributed by atoms with Crippen molar-refractivity contribution in [3.8, 4) is 0 Å². The molecule has 1 aromatic rings. The fraction of sp³-hybridized carbons (Fsp3) is 0.833. The van der Waals surface area contributed by atoms with E-state index in [2.05, 4.69) is 10.3 Å². The van der Waals surface area contributed by atoms with Gasteiger partial charge in [-0.2, -0.15) is 13.2 Å². The number of β-amino-alcohol motifs (C(OH)–C–C–N with tert-alkyl or cyclic N) is 1. The van der Waals surface area contributed by atoms with Gasteiger partial charge in [0, 0.05) is 25.8 Å². The lowest BCUT2D eigenvalue weighted by molar-refractivity contribution is -0.258. The number of nitrogens with zero attached hydrogens (tertiary/aromatic N) is 4. The lowest BCUT2D eigenvalue weighted by Gasteiger charge is -2.37. The van der Waals surface area contributed by atoms with E-state index in [1.165, 1.54) is 0 Å². The molecule has 8 heteroatoms. The van der Waals surface area contributed by atoms with Gasteiger partial charge in [-0.25, -0.2) is 0 Å². The Balaban J connectivity index is 1.90. The van der Waals surface area contributed by atoms with E-state index in [0.717, 1.165) is 19.8 Å². The highest BCUT2D eigenvalue weighted by Crippen LogP contribution is 2.31. The van der Waals surface area contributed by atoms with Crippen molar-refractivity contribution in [2.75, 3.05) is 19.6 Å². The van der Waals surface area contributed by atoms with E-state index < -0.39 is 11.8 Å². The Morgan fingerprint density at radius 3 is 2.75 bits per heavy atom. The predicted octanol–water partition coefficient (Wildman–Crippen LogP) is 1.30. The number of halogens is 3. The summed E-state index contributed by atoms with van der Waals surface area (Å²) in [6.07, 6.45) is 0.490. The van der Waals surface area contributed by atoms with Crippen LogP contribution in [-0.2, 0) is 6.54 Å². The zero-order chi connectivity index (χ0) is 14.8. The third-order valence-electron chi connectivity index (χ3n) is 3.66. The van der Waals surface area contributed by atoms with Gasteiger partial charge in [-0.3, -0.25) is 9.58 Å². The number of hydrogen-bond donors (Lipinski definition) is 1. The minimum Gasteiger partial charge on any atom is -0.380 e. The molecular weight excluding hydrogens is 273 g/mol. The molecule has 114 valence electrons. The summed E-state index contributed by atoms with van der Waals surface area (Å²) in [5.41, 5.74) is -2.66. The van der Waals surface area contributed by atoms with Crippen LogP contribution in [0.3, 0.4) is 0 Å². The molecular formula is C12H19F3N4O. The van der Waals surface area contributed by atoms with Crippen molar-refractivity contribution in [3.05, 3.63) is 12.4 Å². The van der Waals surface area contributed by atoms with Gasteiger partial charge in [0.15, 0.2) is 5.60 Å². The van der Waals surface area contributed by atoms with Crippen LogP contribution in [0.2, 0.25) is 0 Å². The second-order valence-corrected chi connectivity index (χ2v) is 5.64. The molecule has 0 aliphatic carbocycles. The fourth-order valence-electron chi connectivity index (χ4n) is 2.56. The van der Waals surface area contributed by atoms with Crippen molar-refractivity contribution in [2.24, 2.45) is 5.92 Å². The maximum Gasteiger partial charge on any atom is 0.418 e. The standard InChI is InChI=1S/C12H19F3N4O/c1-11(20,12(13,14)15)9-18-5-2-3-10(7-18)8-19-6-4-16-17-19/h4,6,10,20H,2-3,5,7-9H2,1H3/t10-,11-/m0/s1. The van der Waals surface area contributed by atoms with Crippen molar-refractivity contribution >= 4 is 0 Å². The molecule has 1 fully saturated rings. The zero-order valence-electron chi connectivity index (χ0n) is 11.3. The van der Waals surface area contributed by atoms with Crippen molar-refractivity contribution in [3.63, 3.8) is 0 Å². The van der Waals surface area contributed by atoms with E-state index in [1.54, 1.807) is 22.0 Å². The Bertz CT molecular complexity index is 419. The molecule has 0 bridgehead atoms. The first-order chi connectivity index (χ1) is 9.28. The van der Waals surface area contributed by atoms with Gasteiger partial charge < -0.3 is 5.11 Å². The van der Waals surface area contributed by atoms with Crippen LogP contribution in [0.25, 0.3) is 0 Å². The van der Waals surface area contributed by atoms with Gasteiger partial charge >= 0.3 is 6.18 Å². The molecule has 1 saturated heterocycles. The zero-order valence-corrected chi connectivity index (χ0v) is 11.3. The highest BCUT2D eigenvalue weighted by molar-refractivity contribution is 4.87. The summed E-state index contributed by atoms with van der Waals surface area (Å²) in [5, 5.41) is 17.1. The largest absolute Gasteiger partial charge is 0.418 e. The summed E-state index contributed by atoms with van der Waals surface area (Å²) in [6, 6.07) is 0. The first-order valence-corrected chi connectivity index (χ1v) is 6.63. The number of piperidine rings is 1. The van der Waals surface area contributed by atoms with Crippen LogP contribution in [0.1, 0.15) is 19.8 Å². The van der Waals surface area contributed by atoms with Gasteiger partial charge in [0.05, 0.1) is 6.20 Å². The van der Waals surface area contributed by atoms with Crippen LogP contribution in [-0.4, -0.2) is 56.4 Å². The van der Waals surface area contributed by atoms with E-state index in [1.807, 2.05) is 0 Å². The third-order valence-corrected chi connectivity index (χ3v) is 3.66. The Morgan fingerprint density at radius 2 is 2.15 bits per heavy atom. The number of aliphatic hydroxyl groups is 1. The quantitative estimate of drug-likeness (QED) is 0.909. The van der Waals surface area contributed by atoms with Crippen LogP contribution in [0, 0.1) is 5.92 Å². The topological polar surface area (TPSA) is 54.2 Å². The number of aromatic nitrogens is 3. The van der Waals surface area contributed by atoms with E-state index >= 15 is 0 Å². The summed E-state index contributed by atoms with van der Waals surface area (Å²) in [4.78, 5) is 1.68. The van der Waals surface area contributed by atoms with Gasteiger partial charge in [-0.05, 0) is 32.2 Å². The van der Waals surface area contributed by atoms with Crippen LogP contribution >= 0.6 is 0 Å². The smallest absolute Gasteiger partial charge is 0.380 e. The van der Waals surface area contributed by atoms with Crippen LogP contribution in [0.15, 0.2) is 12.4 Å². The van der Waals surface area contributed by atoms with Gasteiger partial charge in [0.1, 0.15) is 0 Å². The van der Waals surface area contributed by atoms with Gasteiger partial charge in [-0.1, -0.05) is 5.21 Å². The highest BCUT2D eigenvalue weighted by Gasteiger charge is 2.50. The Hall–Kier alpha value is -1.15. The van der Waals surface area contributed by atoms with Crippen LogP contribution in [0.4, 0.5) is 13.2 Å². The second-order valence-electron chi connectivity index (χ2n) is 5.64. The molecule has 1 aromatic heterocycles. The van der Waals surface area contributed by atoms with Crippen LogP contribution < -0.4 is 0 Å². The summed E-state index contributed by atoms with van der Waals surface area (Å²) >= 11 is 0. The molecule has 2 heterocycles. The number of hydrogen-bond acceptors (Lipinski definition) is 4. The third kappa shape index (κ3) is 3.69. The van der Waals surface area contributed by atoms with Gasteiger partial charge in [0.25, 0.3) is 0 Å². The minimum atomic E-state index is -4.61. The van der Waals surface area contributed by atoms with Gasteiger partial charge in [0.2, 0.25) is 0 Å². The average molecular weight is 292 g/mol. The minimum absolute atomic E-state index is 0.231. The summed E-state index contributed by atoms with van der Waals surface area (Å²) < 4.78 is 39.8. The Morgan fingerprint density at radius 1 is 1.40 bits per heavy atom. The van der Waals surface area contributed by atoms with Crippen molar-refractivity contribution in [1.82, 2.24) is 19.9 Å². The Labute approximate surface area is 115 Å². The maximum absolute atomic E-state index is 12.7. The molecule has 20 heavy (non-hydrogen) atoms. The molecule has 0 amide bonds. The number of likely N-dealkylation sites (tertiary alicyclic amines) is 1. The monoisotopic (exact) mass is 292 g/mol. The molecule has 1 N–H and O–H groups in total. The average Bonchev–Trinajstić information content (AvgIpc) is 2.80. The number of rotatable bonds is 4. The molecule has 2 atom stereocenters. The SMILES string of the molecule is C[C@](O)(CN1CCC[C@H](Cn2ccnn2)C1)C(F)(F)F. The van der Waals surface area contributed by atoms with Crippen molar-refractivity contribution < 1.29 is 18.3 Å². The summed E-state index contributed by atoms with van der Waals surface area (Å²) in [6.45, 7) is 2.20. The van der Waals surface area contributed by atoms with Crippen LogP contribution in [0.5, 0.6) is 0 Å². The molecule has 2 rings (SSSR count). The molecule has 1 aliphatic rings. The molecule has 1 aliphatic heterocycles. The normalized spacial score (nSPS) is 24.6. The predicted molar refractivity (Wildman–Crippen MR) is 65.9 cm³/mol. The highest BCUT2D eigenvalue weighted by atomic mass is 19.4. The van der Waals surface area contributed by atoms with Crippen molar-refractivity contribution in [1.29, 1.82) is 0 Å². The first-order valence-electron chi connectivity index (χ1n) is 6.63. The lowest BCUT2D eigenvalue weighted by Crippen LogP contribution is -2.53. The van der Waals surface area contributed by atoms with Gasteiger partial charge in [-0.15, -0.1) is 5.10 Å². The van der Waals surface area contributed by atoms with E-state index in [0.29, 0.717) is 19.6 Å². The number of alkyl halides is 3. The Kier molecular flexibility index (Phi) is 4.33. The summed E-state index contributed by atoms with van der Waals surface area (Å²) in [5.74, 6) is 0.231. The maximum atomic E-state index is 12.7. The molecule has 0 spiro atoms. The van der Waals surface area contributed by atoms with E-state index in [4.69, 9.17) is 0 Å². The molecule has 0 saturated carbocycles.